The number of hydrogen-bond acceptors (Lipinski definition) is 5. The zero-order valence-corrected chi connectivity index (χ0v) is 27.5. The van der Waals surface area contributed by atoms with Gasteiger partial charge in [0, 0.05) is 53.8 Å². The summed E-state index contributed by atoms with van der Waals surface area (Å²) < 4.78 is 4.92. The predicted molar refractivity (Wildman–Crippen MR) is 207 cm³/mol. The van der Waals surface area contributed by atoms with Gasteiger partial charge in [0.05, 0.1) is 22.9 Å². The lowest BCUT2D eigenvalue weighted by Crippen LogP contribution is -2.01. The Morgan fingerprint density at radius 1 is 0.380 bits per heavy atom. The molecule has 4 aromatic heterocycles. The van der Waals surface area contributed by atoms with E-state index in [-0.39, 0.29) is 0 Å². The molecule has 0 amide bonds. The van der Waals surface area contributed by atoms with Gasteiger partial charge in [-0.05, 0) is 47.5 Å². The summed E-state index contributed by atoms with van der Waals surface area (Å²) in [6, 6.07) is 53.1. The van der Waals surface area contributed by atoms with Crippen LogP contribution in [0.2, 0.25) is 0 Å². The minimum Gasteiger partial charge on any atom is -0.308 e. The second-order valence-electron chi connectivity index (χ2n) is 12.4. The van der Waals surface area contributed by atoms with E-state index in [0.29, 0.717) is 17.5 Å². The van der Waals surface area contributed by atoms with Crippen LogP contribution in [0.5, 0.6) is 0 Å². The van der Waals surface area contributed by atoms with E-state index in [9.17, 15) is 0 Å². The van der Waals surface area contributed by atoms with E-state index in [0.717, 1.165) is 33.4 Å². The molecule has 6 heteroatoms. The summed E-state index contributed by atoms with van der Waals surface area (Å²) in [7, 11) is 0. The normalized spacial score (nSPS) is 11.6. The van der Waals surface area contributed by atoms with Gasteiger partial charge in [-0.1, -0.05) is 115 Å². The maximum Gasteiger partial charge on any atom is 0.165 e. The van der Waals surface area contributed by atoms with Crippen molar-refractivity contribution >= 4 is 53.3 Å². The van der Waals surface area contributed by atoms with E-state index in [2.05, 4.69) is 95.6 Å². The third kappa shape index (κ3) is 4.77. The van der Waals surface area contributed by atoms with Crippen molar-refractivity contribution in [1.82, 2.24) is 24.5 Å². The van der Waals surface area contributed by atoms with E-state index in [1.54, 1.807) is 0 Å². The number of nitrogens with zero attached hydrogens (tertiary/aromatic N) is 5. The van der Waals surface area contributed by atoms with Crippen LogP contribution in [0.15, 0.2) is 164 Å². The zero-order valence-electron chi connectivity index (χ0n) is 26.7. The lowest BCUT2D eigenvalue weighted by molar-refractivity contribution is 1.06. The van der Waals surface area contributed by atoms with E-state index in [1.807, 2.05) is 84.4 Å². The van der Waals surface area contributed by atoms with Crippen molar-refractivity contribution in [1.29, 1.82) is 0 Å². The Kier molecular flexibility index (Phi) is 6.60. The molecule has 5 nitrogen and oxygen atoms in total. The van der Waals surface area contributed by atoms with Crippen LogP contribution in [-0.4, -0.2) is 24.5 Å². The fourth-order valence-corrected chi connectivity index (χ4v) is 8.03. The summed E-state index contributed by atoms with van der Waals surface area (Å²) in [6.07, 6.45) is 3.76. The zero-order chi connectivity index (χ0) is 33.0. The van der Waals surface area contributed by atoms with Crippen LogP contribution in [0, 0.1) is 0 Å². The van der Waals surface area contributed by atoms with Crippen LogP contribution < -0.4 is 0 Å². The highest BCUT2D eigenvalue weighted by atomic mass is 32.1. The molecule has 0 unspecified atom stereocenters. The average Bonchev–Trinajstić information content (AvgIpc) is 3.73. The molecule has 50 heavy (non-hydrogen) atoms. The molecular formula is C44H27N5S. The molecule has 10 rings (SSSR count). The molecule has 0 aliphatic heterocycles. The highest BCUT2D eigenvalue weighted by molar-refractivity contribution is 7.25. The predicted octanol–water partition coefficient (Wildman–Crippen LogP) is 11.4. The van der Waals surface area contributed by atoms with Crippen molar-refractivity contribution in [2.75, 3.05) is 0 Å². The number of hydrogen-bond donors (Lipinski definition) is 0. The van der Waals surface area contributed by atoms with Crippen molar-refractivity contribution in [3.8, 4) is 51.0 Å². The molecule has 0 spiro atoms. The van der Waals surface area contributed by atoms with Gasteiger partial charge in [0.15, 0.2) is 17.5 Å². The number of benzene rings is 6. The molecule has 0 aliphatic rings. The summed E-state index contributed by atoms with van der Waals surface area (Å²) in [5.41, 5.74) is 8.21. The standard InChI is InChI=1S/C44H27N5S/c1-3-11-28(12-4-1)42-46-43(29-13-5-2-6-14-29)48-44(47-42)32-23-33(27-45-26-32)49-38-17-9-7-15-34(38)35-21-19-31(25-39(35)49)30-20-22-41-37(24-30)36-16-8-10-18-40(36)50-41/h1-27H. The molecule has 234 valence electrons. The first-order valence-corrected chi connectivity index (χ1v) is 17.4. The first-order valence-electron chi connectivity index (χ1n) is 16.5. The summed E-state index contributed by atoms with van der Waals surface area (Å²) >= 11 is 1.84. The van der Waals surface area contributed by atoms with Crippen LogP contribution in [0.3, 0.4) is 0 Å². The summed E-state index contributed by atoms with van der Waals surface area (Å²) in [5.74, 6) is 1.82. The van der Waals surface area contributed by atoms with Crippen molar-refractivity contribution < 1.29 is 0 Å². The Balaban J connectivity index is 1.15. The molecular weight excluding hydrogens is 631 g/mol. The molecule has 0 bridgehead atoms. The molecule has 4 heterocycles. The number of rotatable bonds is 5. The molecule has 0 saturated heterocycles. The fourth-order valence-electron chi connectivity index (χ4n) is 6.94. The molecule has 0 N–H and O–H groups in total. The second-order valence-corrected chi connectivity index (χ2v) is 13.4. The summed E-state index contributed by atoms with van der Waals surface area (Å²) in [6.45, 7) is 0. The van der Waals surface area contributed by atoms with E-state index in [4.69, 9.17) is 19.9 Å². The smallest absolute Gasteiger partial charge is 0.165 e. The Bertz CT molecular complexity index is 2820. The minimum atomic E-state index is 0.574. The molecule has 0 radical (unpaired) electrons. The van der Waals surface area contributed by atoms with Crippen molar-refractivity contribution in [2.24, 2.45) is 0 Å². The summed E-state index contributed by atoms with van der Waals surface area (Å²) in [5, 5.41) is 4.98. The SMILES string of the molecule is c1ccc(-c2nc(-c3ccccc3)nc(-c3cncc(-n4c5ccccc5c5ccc(-c6ccc7sc8ccccc8c7c6)cc54)c3)n2)cc1. The molecule has 10 aromatic rings. The number of fused-ring (bicyclic) bond motifs is 6. The van der Waals surface area contributed by atoms with Gasteiger partial charge >= 0.3 is 0 Å². The Morgan fingerprint density at radius 2 is 0.960 bits per heavy atom. The lowest BCUT2D eigenvalue weighted by atomic mass is 10.0. The monoisotopic (exact) mass is 657 g/mol. The molecule has 0 saturated carbocycles. The van der Waals surface area contributed by atoms with E-state index >= 15 is 0 Å². The number of thiophene rings is 1. The largest absolute Gasteiger partial charge is 0.308 e. The number of aromatic nitrogens is 5. The van der Waals surface area contributed by atoms with Crippen molar-refractivity contribution in [3.05, 3.63) is 164 Å². The third-order valence-electron chi connectivity index (χ3n) is 9.32. The van der Waals surface area contributed by atoms with Gasteiger partial charge in [0.2, 0.25) is 0 Å². The Labute approximate surface area is 291 Å². The summed E-state index contributed by atoms with van der Waals surface area (Å²) in [4.78, 5) is 19.6. The van der Waals surface area contributed by atoms with Crippen LogP contribution in [0.25, 0.3) is 93.0 Å². The molecule has 0 atom stereocenters. The van der Waals surface area contributed by atoms with Gasteiger partial charge in [0.1, 0.15) is 0 Å². The fraction of sp³-hybridized carbons (Fsp3) is 0. The van der Waals surface area contributed by atoms with Gasteiger partial charge in [-0.3, -0.25) is 4.98 Å². The highest BCUT2D eigenvalue weighted by Crippen LogP contribution is 2.39. The molecule has 6 aromatic carbocycles. The van der Waals surface area contributed by atoms with Crippen molar-refractivity contribution in [3.63, 3.8) is 0 Å². The Hall–Kier alpha value is -6.50. The van der Waals surface area contributed by atoms with E-state index in [1.165, 1.54) is 42.1 Å². The first kappa shape index (κ1) is 28.5. The quantitative estimate of drug-likeness (QED) is 0.185. The van der Waals surface area contributed by atoms with Crippen LogP contribution >= 0.6 is 11.3 Å². The van der Waals surface area contributed by atoms with Gasteiger partial charge in [0.25, 0.3) is 0 Å². The third-order valence-corrected chi connectivity index (χ3v) is 10.5. The minimum absolute atomic E-state index is 0.574. The lowest BCUT2D eigenvalue weighted by Gasteiger charge is -2.11. The second kappa shape index (κ2) is 11.6. The number of para-hydroxylation sites is 1. The molecule has 0 fully saturated rings. The first-order chi connectivity index (χ1) is 24.8. The highest BCUT2D eigenvalue weighted by Gasteiger charge is 2.17. The topological polar surface area (TPSA) is 56.5 Å². The van der Waals surface area contributed by atoms with Gasteiger partial charge in [-0.15, -0.1) is 11.3 Å². The number of pyridine rings is 1. The van der Waals surface area contributed by atoms with Crippen molar-refractivity contribution in [2.45, 2.75) is 0 Å². The average molecular weight is 658 g/mol. The molecule has 0 aliphatic carbocycles. The van der Waals surface area contributed by atoms with Crippen LogP contribution in [0.4, 0.5) is 0 Å². The van der Waals surface area contributed by atoms with E-state index < -0.39 is 0 Å². The van der Waals surface area contributed by atoms with Gasteiger partial charge < -0.3 is 4.57 Å². The van der Waals surface area contributed by atoms with Crippen LogP contribution in [-0.2, 0) is 0 Å². The van der Waals surface area contributed by atoms with Crippen LogP contribution in [0.1, 0.15) is 0 Å². The van der Waals surface area contributed by atoms with Gasteiger partial charge in [-0.25, -0.2) is 15.0 Å². The van der Waals surface area contributed by atoms with Gasteiger partial charge in [-0.2, -0.15) is 0 Å². The maximum atomic E-state index is 4.97. The maximum absolute atomic E-state index is 4.97. The Morgan fingerprint density at radius 3 is 1.72 bits per heavy atom.